The van der Waals surface area contributed by atoms with Gasteiger partial charge >= 0.3 is 0 Å². The van der Waals surface area contributed by atoms with Gasteiger partial charge < -0.3 is 29.2 Å². The number of aliphatic hydroxyl groups excluding tert-OH is 2. The lowest BCUT2D eigenvalue weighted by atomic mass is 10.0. The second-order valence-electron chi connectivity index (χ2n) is 40.7. The lowest BCUT2D eigenvalue weighted by Gasteiger charge is -2.46. The van der Waals surface area contributed by atoms with Gasteiger partial charge in [-0.1, -0.05) is 299 Å². The Balaban J connectivity index is 0.000000234. The molecule has 0 spiro atoms. The zero-order chi connectivity index (χ0) is 109. The molecule has 0 unspecified atom stereocenters. The van der Waals surface area contributed by atoms with Crippen molar-refractivity contribution in [3.05, 3.63) is 335 Å². The van der Waals surface area contributed by atoms with Gasteiger partial charge in [-0.05, 0) is 252 Å². The minimum atomic E-state index is -3.35. The number of hydrogen-bond acceptors (Lipinski definition) is 21. The fourth-order valence-electron chi connectivity index (χ4n) is 13.8. The van der Waals surface area contributed by atoms with Crippen molar-refractivity contribution in [2.45, 2.75) is 226 Å². The van der Waals surface area contributed by atoms with Gasteiger partial charge in [0, 0.05) is 106 Å². The van der Waals surface area contributed by atoms with Gasteiger partial charge in [-0.15, -0.1) is 14.1 Å². The number of rotatable bonds is 34. The predicted molar refractivity (Wildman–Crippen MR) is 632 cm³/mol. The van der Waals surface area contributed by atoms with E-state index in [0.29, 0.717) is 52.3 Å². The standard InChI is InChI=1S/C23H18N8O.C19H27NOSi.C17H32N2S.C14H23BrOSi.C14H15NO3S.C13H13NO.C8H9BrO.C6H15ClSi.CH3ClO2S/c24-23-28-21-17(22-27-20(29-31(22)23)19-5-3-13-32-19)14-26-30(21)12-10-15-6-8-16(9-7-15)18-4-1-2-11-25-18;1-19(2,3)22(4,5)21-15-13-16-9-11-17(12-10-16)18-8-6-7-14-20-18;1-4-7-14-20(18,15-8-5-2,16-9-6-3)17-12-10-11-13-19-17;1-14(2,3)17(4,5)16-11-10-12-6-8-13(15)9-7-12;1-19(16,17)18-10-8-12-4-6-13(7-5-12)14-3-2-9-15-11-14;15-10-8-11-4-6-12(7-5-11)13-3-1-2-9-14-13;9-8-3-1-7(2-4-8)5-6-10;1-6(2,3)8(4,5)7;1-5(2,3)4/h1-9,11,13-14H,10,12H2,(H2,24,28);6-12,14H,13,15H2,1-5H3;10-13,18H,4-9,14-16H2,1-3H3;6-9H,10-11H2,1-5H3;2-7,9,11H,8,10H2,1H3;1-7,9,15H,8,10H2;1-4,10H,5-6H2;1-5H3;1H3. The van der Waals surface area contributed by atoms with Crippen molar-refractivity contribution in [1.82, 2.24) is 54.3 Å². The first-order valence-electron chi connectivity index (χ1n) is 50.3. The van der Waals surface area contributed by atoms with E-state index < -0.39 is 52.1 Å². The molecule has 0 saturated carbocycles. The van der Waals surface area contributed by atoms with Crippen LogP contribution in [0, 0.1) is 4.78 Å². The van der Waals surface area contributed by atoms with E-state index in [0.717, 1.165) is 163 Å². The van der Waals surface area contributed by atoms with E-state index in [1.807, 2.05) is 169 Å². The summed E-state index contributed by atoms with van der Waals surface area (Å²) in [5, 5.41) is 29.1. The van der Waals surface area contributed by atoms with Crippen LogP contribution in [0.3, 0.4) is 0 Å². The largest absolute Gasteiger partial charge is 0.461 e. The normalized spacial score (nSPS) is 12.0. The van der Waals surface area contributed by atoms with Crippen LogP contribution in [0.25, 0.3) is 73.2 Å². The Bertz CT molecular complexity index is 6610. The molecule has 9 aromatic heterocycles. The van der Waals surface area contributed by atoms with E-state index in [-0.39, 0.29) is 30.8 Å². The van der Waals surface area contributed by atoms with Crippen molar-refractivity contribution in [2.75, 3.05) is 68.5 Å². The van der Waals surface area contributed by atoms with E-state index >= 15 is 0 Å². The van der Waals surface area contributed by atoms with Crippen LogP contribution in [0.2, 0.25) is 54.4 Å². The number of nitrogen functional groups attached to an aromatic ring is 1. The summed E-state index contributed by atoms with van der Waals surface area (Å²) in [4.78, 5) is 30.9. The highest BCUT2D eigenvalue weighted by molar-refractivity contribution is 9.10. The number of aryl methyl sites for hydroxylation is 2. The second kappa shape index (κ2) is 60.5. The highest BCUT2D eigenvalue weighted by Crippen LogP contribution is 2.42. The van der Waals surface area contributed by atoms with Crippen LogP contribution in [0.5, 0.6) is 0 Å². The molecule has 6 aromatic carbocycles. The third-order valence-corrected chi connectivity index (χ3v) is 46.9. The van der Waals surface area contributed by atoms with Crippen molar-refractivity contribution < 1.29 is 44.5 Å². The molecule has 798 valence electrons. The van der Waals surface area contributed by atoms with Crippen molar-refractivity contribution in [2.24, 2.45) is 0 Å². The number of anilines is 1. The van der Waals surface area contributed by atoms with Crippen LogP contribution in [-0.4, -0.2) is 168 Å². The molecule has 148 heavy (non-hydrogen) atoms. The summed E-state index contributed by atoms with van der Waals surface area (Å²) < 4.78 is 78.1. The van der Waals surface area contributed by atoms with Gasteiger partial charge in [-0.3, -0.25) is 33.9 Å². The van der Waals surface area contributed by atoms with Crippen LogP contribution in [0.4, 0.5) is 5.95 Å². The molecule has 0 aliphatic heterocycles. The number of halogens is 4. The van der Waals surface area contributed by atoms with Gasteiger partial charge in [0.25, 0.3) is 10.1 Å². The smallest absolute Gasteiger partial charge is 0.264 e. The summed E-state index contributed by atoms with van der Waals surface area (Å²) in [6, 6.07) is 80.9. The number of pyridine rings is 5. The van der Waals surface area contributed by atoms with Crippen LogP contribution in [0.1, 0.15) is 155 Å². The second-order valence-corrected chi connectivity index (χ2v) is 68.9. The third kappa shape index (κ3) is 43.5. The lowest BCUT2D eigenvalue weighted by Crippen LogP contribution is -2.43. The van der Waals surface area contributed by atoms with Crippen molar-refractivity contribution >= 4 is 128 Å². The Morgan fingerprint density at radius 3 is 1.17 bits per heavy atom. The number of furan rings is 1. The van der Waals surface area contributed by atoms with Crippen LogP contribution in [-0.2, 0) is 86.2 Å². The summed E-state index contributed by atoms with van der Waals surface area (Å²) in [7, 11) is -8.94. The number of nitrogens with two attached hydrogens (primary N) is 1. The molecular weight excluding hydrogens is 2130 g/mol. The fourth-order valence-corrected chi connectivity index (χ4v) is 21.8. The zero-order valence-corrected chi connectivity index (χ0v) is 100. The van der Waals surface area contributed by atoms with Crippen LogP contribution in [0.15, 0.2) is 311 Å². The molecule has 0 atom stereocenters. The van der Waals surface area contributed by atoms with E-state index in [1.54, 1.807) is 43.2 Å². The van der Waals surface area contributed by atoms with Crippen molar-refractivity contribution in [3.8, 4) is 56.5 Å². The summed E-state index contributed by atoms with van der Waals surface area (Å²) in [6.45, 7) is 43.4. The number of unbranched alkanes of at least 4 members (excludes halogenated alkanes) is 3. The highest BCUT2D eigenvalue weighted by Gasteiger charge is 2.39. The molecule has 0 aliphatic carbocycles. The topological polar surface area (TPSA) is 325 Å². The van der Waals surface area contributed by atoms with E-state index in [9.17, 15) is 21.6 Å². The number of nitrogens with zero attached hydrogens (tertiary/aromatic N) is 11. The monoisotopic (exact) mass is 2290 g/mol. The average molecular weight is 2290 g/mol. The van der Waals surface area contributed by atoms with Gasteiger partial charge in [0.1, 0.15) is 0 Å². The Labute approximate surface area is 910 Å². The SMILES string of the molecule is CC(C)(C)[Si](C)(C)Cl.CC(C)(C)[Si](C)(C)OCCc1ccc(-c2ccccn2)cc1.CC(C)(C)[Si](C)(C)OCCc1ccc(Br)cc1.CCCCS(=N)(CCCC)(CCCC)c1ccccn1.CS(=O)(=O)Cl.CS(=O)(=O)OCCc1ccc(-c2cccnc2)cc1.Nc1nc2c(cnn2CCc2ccc(-c3ccccn3)cc2)c2nc(-c3ccco3)nn12.OCCc1ccc(-c2ccccn2)cc1.OCCc1ccc(Br)cc1. The number of nitrogens with one attached hydrogen (secondary N) is 1. The first-order valence-corrected chi connectivity index (χ1v) is 68.8. The molecule has 0 amide bonds. The number of benzene rings is 6. The number of hydrogen-bond donors (Lipinski definition) is 4. The maximum Gasteiger partial charge on any atom is 0.264 e. The first-order chi connectivity index (χ1) is 69.9. The van der Waals surface area contributed by atoms with Crippen molar-refractivity contribution in [3.63, 3.8) is 0 Å². The lowest BCUT2D eigenvalue weighted by molar-refractivity contribution is 0.292. The molecule has 0 aliphatic rings. The average Bonchev–Trinajstić information content (AvgIpc) is 1.59. The Kier molecular flexibility index (Phi) is 51.1. The fraction of sp³-hybridized carbons (Fsp3) is 0.383. The summed E-state index contributed by atoms with van der Waals surface area (Å²) in [6.07, 6.45) is 28.0. The maximum absolute atomic E-state index is 10.8. The molecule has 9 heterocycles. The molecule has 0 saturated heterocycles. The molecular formula is C115H155Br2Cl2N13O10S3Si3. The Morgan fingerprint density at radius 2 is 0.831 bits per heavy atom. The van der Waals surface area contributed by atoms with Gasteiger partial charge in [0.2, 0.25) is 20.8 Å². The molecule has 23 nitrogen and oxygen atoms in total. The molecule has 5 N–H and O–H groups in total. The summed E-state index contributed by atoms with van der Waals surface area (Å²) >= 11 is 12.9. The first kappa shape index (κ1) is 125. The minimum absolute atomic E-state index is 0.172. The number of fused-ring (bicyclic) bond motifs is 3. The van der Waals surface area contributed by atoms with Gasteiger partial charge in [-0.2, -0.15) is 34.1 Å². The molecule has 15 rings (SSSR count). The molecule has 15 aromatic rings. The Morgan fingerprint density at radius 1 is 0.453 bits per heavy atom. The molecule has 0 radical (unpaired) electrons. The minimum Gasteiger partial charge on any atom is -0.461 e. The highest BCUT2D eigenvalue weighted by atomic mass is 79.9. The summed E-state index contributed by atoms with van der Waals surface area (Å²) in [5.74, 6) is 4.42. The number of aromatic nitrogens is 11. The molecule has 33 heteroatoms. The van der Waals surface area contributed by atoms with Gasteiger partial charge in [0.15, 0.2) is 41.1 Å². The van der Waals surface area contributed by atoms with Crippen LogP contribution < -0.4 is 5.73 Å². The van der Waals surface area contributed by atoms with Gasteiger partial charge in [0.05, 0.1) is 59.1 Å². The molecule has 0 fully saturated rings. The molecule has 0 bridgehead atoms. The van der Waals surface area contributed by atoms with Crippen LogP contribution >= 0.6 is 53.6 Å². The summed E-state index contributed by atoms with van der Waals surface area (Å²) in [5.41, 5.74) is 23.1. The Hall–Kier alpha value is -9.79. The van der Waals surface area contributed by atoms with Crippen molar-refractivity contribution in [1.29, 1.82) is 4.78 Å². The van der Waals surface area contributed by atoms with Gasteiger partial charge in [-0.25, -0.2) is 18.1 Å². The van der Waals surface area contributed by atoms with E-state index in [1.165, 1.54) is 46.0 Å². The quantitative estimate of drug-likeness (QED) is 0.0126. The van der Waals surface area contributed by atoms with E-state index in [2.05, 4.69) is 295 Å². The predicted octanol–water partition coefficient (Wildman–Crippen LogP) is 29.2. The number of aliphatic hydroxyl groups is 2. The maximum atomic E-state index is 10.8. The third-order valence-electron chi connectivity index (χ3n) is 25.7. The zero-order valence-electron chi connectivity index (χ0n) is 90.0. The van der Waals surface area contributed by atoms with E-state index in [4.69, 9.17) is 44.5 Å².